The van der Waals surface area contributed by atoms with E-state index in [4.69, 9.17) is 9.47 Å². The number of rotatable bonds is 2. The van der Waals surface area contributed by atoms with E-state index in [1.165, 1.54) is 0 Å². The fraction of sp³-hybridized carbons (Fsp3) is 0.375. The Balaban J connectivity index is 1.98. The van der Waals surface area contributed by atoms with Crippen LogP contribution in [0.2, 0.25) is 0 Å². The highest BCUT2D eigenvalue weighted by atomic mass is 16.7. The Labute approximate surface area is 113 Å². The van der Waals surface area contributed by atoms with E-state index in [0.29, 0.717) is 0 Å². The van der Waals surface area contributed by atoms with Gasteiger partial charge in [0.2, 0.25) is 6.29 Å². The zero-order valence-corrected chi connectivity index (χ0v) is 11.2. The zero-order valence-electron chi connectivity index (χ0n) is 11.2. The molecule has 3 nitrogen and oxygen atoms in total. The van der Waals surface area contributed by atoms with E-state index in [1.54, 1.807) is 20.1 Å². The molecule has 100 valence electrons. The summed E-state index contributed by atoms with van der Waals surface area (Å²) in [7, 11) is 0. The van der Waals surface area contributed by atoms with Crippen molar-refractivity contribution >= 4 is 0 Å². The first kappa shape index (κ1) is 13.5. The molecule has 0 aliphatic carbocycles. The number of ether oxygens (including phenoxy) is 2. The molecule has 0 spiro atoms. The van der Waals surface area contributed by atoms with E-state index >= 15 is 0 Å². The molecule has 0 bridgehead atoms. The van der Waals surface area contributed by atoms with Crippen molar-refractivity contribution in [3.63, 3.8) is 0 Å². The number of benzene rings is 1. The smallest absolute Gasteiger partial charge is 0.240 e. The molecule has 3 heteroatoms. The predicted octanol–water partition coefficient (Wildman–Crippen LogP) is 2.84. The summed E-state index contributed by atoms with van der Waals surface area (Å²) < 4.78 is 11.0. The van der Waals surface area contributed by atoms with Crippen LogP contribution in [0.5, 0.6) is 5.75 Å². The van der Waals surface area contributed by atoms with Crippen molar-refractivity contribution in [1.82, 2.24) is 0 Å². The first-order chi connectivity index (χ1) is 9.03. The Bertz CT molecular complexity index is 498. The summed E-state index contributed by atoms with van der Waals surface area (Å²) in [6.45, 7) is 3.32. The van der Waals surface area contributed by atoms with Crippen LogP contribution in [0.15, 0.2) is 36.6 Å². The average Bonchev–Trinajstić information content (AvgIpc) is 2.38. The van der Waals surface area contributed by atoms with Gasteiger partial charge in [0.15, 0.2) is 0 Å². The summed E-state index contributed by atoms with van der Waals surface area (Å²) in [5.41, 5.74) is -0.129. The molecular weight excluding hydrogens is 240 g/mol. The summed E-state index contributed by atoms with van der Waals surface area (Å²) in [4.78, 5) is 0. The minimum atomic E-state index is -0.975. The van der Waals surface area contributed by atoms with Crippen LogP contribution in [-0.4, -0.2) is 17.0 Å². The molecule has 0 saturated carbocycles. The molecule has 0 saturated heterocycles. The van der Waals surface area contributed by atoms with Crippen LogP contribution >= 0.6 is 0 Å². The average molecular weight is 258 g/mol. The summed E-state index contributed by atoms with van der Waals surface area (Å²) in [5.74, 6) is 6.45. The lowest BCUT2D eigenvalue weighted by Gasteiger charge is -2.20. The number of hydrogen-bond donors (Lipinski definition) is 1. The van der Waals surface area contributed by atoms with Crippen LogP contribution in [-0.2, 0) is 4.74 Å². The van der Waals surface area contributed by atoms with Gasteiger partial charge in [0.05, 0.1) is 6.26 Å². The minimum absolute atomic E-state index is 0.210. The second-order valence-electron chi connectivity index (χ2n) is 4.97. The Kier molecular flexibility index (Phi) is 4.13. The first-order valence-electron chi connectivity index (χ1n) is 6.36. The molecule has 1 aromatic rings. The van der Waals surface area contributed by atoms with Crippen molar-refractivity contribution in [2.24, 2.45) is 0 Å². The molecule has 1 aromatic carbocycles. The monoisotopic (exact) mass is 258 g/mol. The van der Waals surface area contributed by atoms with Crippen LogP contribution in [0.1, 0.15) is 32.3 Å². The second-order valence-corrected chi connectivity index (χ2v) is 4.97. The van der Waals surface area contributed by atoms with Crippen LogP contribution in [0.4, 0.5) is 0 Å². The summed E-state index contributed by atoms with van der Waals surface area (Å²) in [5, 5.41) is 9.53. The fourth-order valence-corrected chi connectivity index (χ4v) is 1.59. The summed E-state index contributed by atoms with van der Waals surface area (Å²) >= 11 is 0. The van der Waals surface area contributed by atoms with Gasteiger partial charge in [0.1, 0.15) is 11.4 Å². The highest BCUT2D eigenvalue weighted by Crippen LogP contribution is 2.18. The zero-order chi connectivity index (χ0) is 13.7. The van der Waals surface area contributed by atoms with Gasteiger partial charge < -0.3 is 14.6 Å². The summed E-state index contributed by atoms with van der Waals surface area (Å²) in [6.07, 6.45) is 5.28. The highest BCUT2D eigenvalue weighted by molar-refractivity contribution is 5.39. The van der Waals surface area contributed by atoms with Crippen molar-refractivity contribution in [1.29, 1.82) is 0 Å². The van der Waals surface area contributed by atoms with Crippen molar-refractivity contribution in [2.75, 3.05) is 0 Å². The lowest BCUT2D eigenvalue weighted by molar-refractivity contribution is -0.0415. The van der Waals surface area contributed by atoms with E-state index in [-0.39, 0.29) is 6.29 Å². The van der Waals surface area contributed by atoms with Gasteiger partial charge in [-0.15, -0.1) is 0 Å². The molecule has 1 unspecified atom stereocenters. The Morgan fingerprint density at radius 2 is 2.05 bits per heavy atom. The van der Waals surface area contributed by atoms with Crippen molar-refractivity contribution < 1.29 is 14.6 Å². The standard InChI is InChI=1S/C16H18O3/c1-16(2,17)11-10-13-6-8-14(9-7-13)19-15-5-3-4-12-18-15/h4,6-9,12,15,17H,3,5H2,1-2H3. The van der Waals surface area contributed by atoms with Crippen LogP contribution < -0.4 is 4.74 Å². The molecule has 2 rings (SSSR count). The van der Waals surface area contributed by atoms with Gasteiger partial charge in [-0.1, -0.05) is 11.8 Å². The van der Waals surface area contributed by atoms with Crippen LogP contribution in [0.25, 0.3) is 0 Å². The molecule has 19 heavy (non-hydrogen) atoms. The first-order valence-corrected chi connectivity index (χ1v) is 6.36. The predicted molar refractivity (Wildman–Crippen MR) is 73.5 cm³/mol. The quantitative estimate of drug-likeness (QED) is 0.829. The third-order valence-electron chi connectivity index (χ3n) is 2.53. The van der Waals surface area contributed by atoms with E-state index in [9.17, 15) is 5.11 Å². The number of allylic oxidation sites excluding steroid dienone is 1. The van der Waals surface area contributed by atoms with Gasteiger partial charge in [0.25, 0.3) is 0 Å². The summed E-state index contributed by atoms with van der Waals surface area (Å²) in [6, 6.07) is 7.45. The molecule has 1 aliphatic rings. The van der Waals surface area contributed by atoms with Gasteiger partial charge in [-0.05, 0) is 50.6 Å². The molecule has 0 aromatic heterocycles. The van der Waals surface area contributed by atoms with Crippen molar-refractivity contribution in [3.05, 3.63) is 42.2 Å². The molecule has 1 heterocycles. The lowest BCUT2D eigenvalue weighted by atomic mass is 10.1. The third kappa shape index (κ3) is 4.69. The maximum absolute atomic E-state index is 9.53. The van der Waals surface area contributed by atoms with E-state index < -0.39 is 5.60 Å². The van der Waals surface area contributed by atoms with Crippen LogP contribution in [0, 0.1) is 11.8 Å². The van der Waals surface area contributed by atoms with Gasteiger partial charge in [-0.2, -0.15) is 0 Å². The molecule has 0 radical (unpaired) electrons. The molecule has 0 fully saturated rings. The Morgan fingerprint density at radius 1 is 1.32 bits per heavy atom. The van der Waals surface area contributed by atoms with Crippen molar-refractivity contribution in [2.45, 2.75) is 38.6 Å². The maximum atomic E-state index is 9.53. The molecule has 1 aliphatic heterocycles. The largest absolute Gasteiger partial charge is 0.463 e. The second kappa shape index (κ2) is 5.81. The van der Waals surface area contributed by atoms with Gasteiger partial charge in [-0.25, -0.2) is 0 Å². The lowest BCUT2D eigenvalue weighted by Crippen LogP contribution is -2.19. The maximum Gasteiger partial charge on any atom is 0.240 e. The van der Waals surface area contributed by atoms with Crippen molar-refractivity contribution in [3.8, 4) is 17.6 Å². The van der Waals surface area contributed by atoms with Gasteiger partial charge in [0, 0.05) is 12.0 Å². The number of hydrogen-bond acceptors (Lipinski definition) is 3. The topological polar surface area (TPSA) is 38.7 Å². The van der Waals surface area contributed by atoms with E-state index in [1.807, 2.05) is 30.3 Å². The Morgan fingerprint density at radius 3 is 2.63 bits per heavy atom. The molecule has 1 N–H and O–H groups in total. The van der Waals surface area contributed by atoms with Gasteiger partial charge in [-0.3, -0.25) is 0 Å². The highest BCUT2D eigenvalue weighted by Gasteiger charge is 2.12. The van der Waals surface area contributed by atoms with E-state index in [2.05, 4.69) is 11.8 Å². The molecule has 0 amide bonds. The molecular formula is C16H18O3. The van der Waals surface area contributed by atoms with Crippen LogP contribution in [0.3, 0.4) is 0 Å². The normalized spacial score (nSPS) is 18.2. The number of aliphatic hydroxyl groups is 1. The Hall–Kier alpha value is -1.92. The fourth-order valence-electron chi connectivity index (χ4n) is 1.59. The third-order valence-corrected chi connectivity index (χ3v) is 2.53. The molecule has 1 atom stereocenters. The van der Waals surface area contributed by atoms with Gasteiger partial charge >= 0.3 is 0 Å². The SMILES string of the molecule is CC(C)(O)C#Cc1ccc(OC2CCC=CO2)cc1. The minimum Gasteiger partial charge on any atom is -0.463 e. The van der Waals surface area contributed by atoms with E-state index in [0.717, 1.165) is 24.2 Å².